The lowest BCUT2D eigenvalue weighted by Gasteiger charge is -2.16. The number of hydrogen-bond acceptors (Lipinski definition) is 4. The minimum absolute atomic E-state index is 0.113. The molecule has 108 valence electrons. The Morgan fingerprint density at radius 2 is 2.05 bits per heavy atom. The van der Waals surface area contributed by atoms with Gasteiger partial charge in [-0.1, -0.05) is 23.7 Å². The zero-order valence-electron chi connectivity index (χ0n) is 11.3. The van der Waals surface area contributed by atoms with Crippen LogP contribution in [0.4, 0.5) is 0 Å². The second-order valence-electron chi connectivity index (χ2n) is 4.11. The average Bonchev–Trinajstić information content (AvgIpc) is 2.42. The molecule has 0 saturated carbocycles. The molecule has 1 unspecified atom stereocenters. The normalized spacial score (nSPS) is 12.6. The van der Waals surface area contributed by atoms with E-state index in [4.69, 9.17) is 31.5 Å². The van der Waals surface area contributed by atoms with Gasteiger partial charge in [0.1, 0.15) is 0 Å². The first-order chi connectivity index (χ1) is 9.27. The lowest BCUT2D eigenvalue weighted by atomic mass is 10.1. The van der Waals surface area contributed by atoms with Crippen LogP contribution >= 0.6 is 11.6 Å². The first-order valence-electron chi connectivity index (χ1n) is 6.41. The Hall–Kier alpha value is -0.650. The molecule has 0 fully saturated rings. The summed E-state index contributed by atoms with van der Waals surface area (Å²) in [4.78, 5) is 0. The highest BCUT2D eigenvalue weighted by atomic mass is 35.5. The van der Waals surface area contributed by atoms with Gasteiger partial charge in [0.2, 0.25) is 0 Å². The maximum atomic E-state index is 5.95. The summed E-state index contributed by atoms with van der Waals surface area (Å²) in [6.45, 7) is 2.95. The van der Waals surface area contributed by atoms with Gasteiger partial charge in [0.25, 0.3) is 0 Å². The quantitative estimate of drug-likeness (QED) is 0.672. The molecule has 0 amide bonds. The van der Waals surface area contributed by atoms with Gasteiger partial charge in [-0.2, -0.15) is 0 Å². The van der Waals surface area contributed by atoms with Gasteiger partial charge in [0, 0.05) is 31.9 Å². The molecule has 1 rings (SSSR count). The van der Waals surface area contributed by atoms with Crippen LogP contribution in [0.15, 0.2) is 24.3 Å². The minimum Gasteiger partial charge on any atom is -0.382 e. The topological polar surface area (TPSA) is 53.7 Å². The van der Waals surface area contributed by atoms with Gasteiger partial charge >= 0.3 is 0 Å². The third kappa shape index (κ3) is 6.89. The molecule has 0 spiro atoms. The summed E-state index contributed by atoms with van der Waals surface area (Å²) in [7, 11) is 1.66. The van der Waals surface area contributed by atoms with Crippen molar-refractivity contribution in [3.05, 3.63) is 34.9 Å². The van der Waals surface area contributed by atoms with Crippen molar-refractivity contribution in [2.24, 2.45) is 5.73 Å². The van der Waals surface area contributed by atoms with Crippen LogP contribution in [-0.4, -0.2) is 40.1 Å². The minimum atomic E-state index is -0.113. The molecular weight excluding hydrogens is 266 g/mol. The van der Waals surface area contributed by atoms with Crippen LogP contribution in [0.25, 0.3) is 0 Å². The van der Waals surface area contributed by atoms with Crippen LogP contribution in [-0.2, 0) is 14.2 Å². The van der Waals surface area contributed by atoms with Crippen LogP contribution in [0, 0.1) is 0 Å². The van der Waals surface area contributed by atoms with Crippen molar-refractivity contribution in [1.29, 1.82) is 0 Å². The third-order valence-electron chi connectivity index (χ3n) is 2.62. The molecule has 0 bridgehead atoms. The van der Waals surface area contributed by atoms with Crippen LogP contribution in [0.2, 0.25) is 5.02 Å². The Balaban J connectivity index is 2.22. The van der Waals surface area contributed by atoms with E-state index in [1.165, 1.54) is 0 Å². The predicted molar refractivity (Wildman–Crippen MR) is 76.5 cm³/mol. The van der Waals surface area contributed by atoms with Crippen molar-refractivity contribution in [1.82, 2.24) is 0 Å². The van der Waals surface area contributed by atoms with Crippen LogP contribution in [0.3, 0.4) is 0 Å². The van der Waals surface area contributed by atoms with E-state index in [-0.39, 0.29) is 6.10 Å². The second kappa shape index (κ2) is 10.2. The van der Waals surface area contributed by atoms with Gasteiger partial charge < -0.3 is 19.9 Å². The number of nitrogens with two attached hydrogens (primary N) is 1. The zero-order valence-corrected chi connectivity index (χ0v) is 12.1. The number of benzene rings is 1. The molecule has 0 aliphatic carbocycles. The molecule has 1 atom stereocenters. The smallest absolute Gasteiger partial charge is 0.0947 e. The largest absolute Gasteiger partial charge is 0.382 e. The summed E-state index contributed by atoms with van der Waals surface area (Å²) >= 11 is 5.95. The van der Waals surface area contributed by atoms with Crippen molar-refractivity contribution in [3.63, 3.8) is 0 Å². The SMILES string of the molecule is COCCOCCCOC(CN)c1cccc(Cl)c1. The molecule has 0 saturated heterocycles. The molecular formula is C14H22ClNO3. The van der Waals surface area contributed by atoms with E-state index in [0.717, 1.165) is 12.0 Å². The monoisotopic (exact) mass is 287 g/mol. The van der Waals surface area contributed by atoms with E-state index < -0.39 is 0 Å². The van der Waals surface area contributed by atoms with E-state index in [9.17, 15) is 0 Å². The number of halogens is 1. The van der Waals surface area contributed by atoms with Crippen molar-refractivity contribution >= 4 is 11.6 Å². The van der Waals surface area contributed by atoms with Crippen molar-refractivity contribution in [2.75, 3.05) is 40.1 Å². The highest BCUT2D eigenvalue weighted by Gasteiger charge is 2.09. The van der Waals surface area contributed by atoms with E-state index in [2.05, 4.69) is 0 Å². The fraction of sp³-hybridized carbons (Fsp3) is 0.571. The Labute approximate surface area is 119 Å². The molecule has 4 nitrogen and oxygen atoms in total. The number of rotatable bonds is 10. The Bertz CT molecular complexity index is 349. The van der Waals surface area contributed by atoms with Crippen molar-refractivity contribution < 1.29 is 14.2 Å². The first kappa shape index (κ1) is 16.4. The molecule has 0 aliphatic rings. The van der Waals surface area contributed by atoms with Gasteiger partial charge in [0.05, 0.1) is 19.3 Å². The lowest BCUT2D eigenvalue weighted by Crippen LogP contribution is -2.17. The molecule has 0 heterocycles. The van der Waals surface area contributed by atoms with Gasteiger partial charge in [-0.05, 0) is 24.1 Å². The molecule has 0 radical (unpaired) electrons. The Morgan fingerprint density at radius 3 is 2.74 bits per heavy atom. The standard InChI is InChI=1S/C14H22ClNO3/c1-17-8-9-18-6-3-7-19-14(11-16)12-4-2-5-13(15)10-12/h2,4-5,10,14H,3,6-9,11,16H2,1H3. The van der Waals surface area contributed by atoms with E-state index >= 15 is 0 Å². The van der Waals surface area contributed by atoms with E-state index in [0.29, 0.717) is 38.0 Å². The number of methoxy groups -OCH3 is 1. The highest BCUT2D eigenvalue weighted by molar-refractivity contribution is 6.30. The lowest BCUT2D eigenvalue weighted by molar-refractivity contribution is 0.0261. The zero-order chi connectivity index (χ0) is 13.9. The summed E-state index contributed by atoms with van der Waals surface area (Å²) in [6, 6.07) is 7.59. The summed E-state index contributed by atoms with van der Waals surface area (Å²) in [6.07, 6.45) is 0.721. The average molecular weight is 288 g/mol. The van der Waals surface area contributed by atoms with Gasteiger partial charge in [-0.25, -0.2) is 0 Å². The number of ether oxygens (including phenoxy) is 3. The molecule has 5 heteroatoms. The van der Waals surface area contributed by atoms with Gasteiger partial charge in [0.15, 0.2) is 0 Å². The third-order valence-corrected chi connectivity index (χ3v) is 2.85. The van der Waals surface area contributed by atoms with Crippen LogP contribution in [0.1, 0.15) is 18.1 Å². The Morgan fingerprint density at radius 1 is 1.21 bits per heavy atom. The molecule has 0 aliphatic heterocycles. The molecule has 1 aromatic rings. The summed E-state index contributed by atoms with van der Waals surface area (Å²) in [5.41, 5.74) is 6.73. The second-order valence-corrected chi connectivity index (χ2v) is 4.55. The van der Waals surface area contributed by atoms with Crippen LogP contribution < -0.4 is 5.73 Å². The van der Waals surface area contributed by atoms with Gasteiger partial charge in [-0.15, -0.1) is 0 Å². The van der Waals surface area contributed by atoms with Crippen molar-refractivity contribution in [2.45, 2.75) is 12.5 Å². The summed E-state index contributed by atoms with van der Waals surface area (Å²) in [5.74, 6) is 0. The van der Waals surface area contributed by atoms with E-state index in [1.807, 2.05) is 24.3 Å². The summed E-state index contributed by atoms with van der Waals surface area (Å²) < 4.78 is 16.0. The molecule has 0 aromatic heterocycles. The first-order valence-corrected chi connectivity index (χ1v) is 6.79. The number of hydrogen-bond donors (Lipinski definition) is 1. The molecule has 19 heavy (non-hydrogen) atoms. The predicted octanol–water partition coefficient (Wildman–Crippen LogP) is 2.41. The summed E-state index contributed by atoms with van der Waals surface area (Å²) in [5, 5.41) is 0.697. The maximum absolute atomic E-state index is 5.95. The van der Waals surface area contributed by atoms with E-state index in [1.54, 1.807) is 7.11 Å². The molecule has 2 N–H and O–H groups in total. The maximum Gasteiger partial charge on any atom is 0.0947 e. The fourth-order valence-corrected chi connectivity index (χ4v) is 1.84. The molecule has 1 aromatic carbocycles. The van der Waals surface area contributed by atoms with Gasteiger partial charge in [-0.3, -0.25) is 0 Å². The van der Waals surface area contributed by atoms with Crippen molar-refractivity contribution in [3.8, 4) is 0 Å². The fourth-order valence-electron chi connectivity index (χ4n) is 1.64. The Kier molecular flexibility index (Phi) is 8.79. The van der Waals surface area contributed by atoms with Crippen LogP contribution in [0.5, 0.6) is 0 Å². The highest BCUT2D eigenvalue weighted by Crippen LogP contribution is 2.20.